The van der Waals surface area contributed by atoms with Gasteiger partial charge in [-0.05, 0) is 0 Å². The Labute approximate surface area is 157 Å². The van der Waals surface area contributed by atoms with Gasteiger partial charge in [0.2, 0.25) is 0 Å². The first-order valence-electron chi connectivity index (χ1n) is 7.08. The third-order valence-corrected chi connectivity index (χ3v) is 6.68. The summed E-state index contributed by atoms with van der Waals surface area (Å²) in [5.41, 5.74) is 0. The van der Waals surface area contributed by atoms with Gasteiger partial charge >= 0.3 is 6.16 Å². The second-order valence-corrected chi connectivity index (χ2v) is 8.97. The van der Waals surface area contributed by atoms with Crippen LogP contribution in [0.3, 0.4) is 0 Å². The number of carbonyl (C=O) groups is 5. The van der Waals surface area contributed by atoms with Gasteiger partial charge in [-0.3, -0.25) is 37.2 Å². The highest BCUT2D eigenvalue weighted by Crippen LogP contribution is 2.24. The predicted octanol–water partition coefficient (Wildman–Crippen LogP) is -2.82. The molecule has 156 valence electrons. The van der Waals surface area contributed by atoms with Crippen LogP contribution < -0.4 is 0 Å². The molecule has 2 aliphatic rings. The molecule has 0 radical (unpaired) electrons. The van der Waals surface area contributed by atoms with Crippen LogP contribution >= 0.6 is 0 Å². The normalized spacial score (nSPS) is 23.5. The molecule has 0 bridgehead atoms. The topological polar surface area (TPSA) is 197 Å². The van der Waals surface area contributed by atoms with E-state index in [-0.39, 0.29) is 10.1 Å². The Morgan fingerprint density at radius 1 is 0.786 bits per heavy atom. The molecule has 15 nitrogen and oxygen atoms in total. The summed E-state index contributed by atoms with van der Waals surface area (Å²) < 4.78 is 54.4. The molecule has 0 spiro atoms. The lowest BCUT2D eigenvalue weighted by Gasteiger charge is -2.16. The van der Waals surface area contributed by atoms with Gasteiger partial charge in [-0.2, -0.15) is 21.6 Å². The Morgan fingerprint density at radius 3 is 1.39 bits per heavy atom. The van der Waals surface area contributed by atoms with Crippen molar-refractivity contribution in [2.75, 3.05) is 14.2 Å². The van der Waals surface area contributed by atoms with E-state index in [1.807, 2.05) is 0 Å². The number of hydrogen-bond acceptors (Lipinski definition) is 13. The molecule has 2 aliphatic heterocycles. The number of amides is 4. The largest absolute Gasteiger partial charge is 0.560 e. The van der Waals surface area contributed by atoms with Crippen molar-refractivity contribution in [1.29, 1.82) is 0 Å². The molecule has 0 N–H and O–H groups in total. The SMILES string of the molecule is COS(=O)(=O)C1CC(=O)N(OC(=O)ON2C(=O)CC(S(=O)(=O)OC)C2=O)C1=O. The van der Waals surface area contributed by atoms with Crippen molar-refractivity contribution in [3.63, 3.8) is 0 Å². The zero-order chi connectivity index (χ0) is 21.4. The van der Waals surface area contributed by atoms with Crippen LogP contribution in [-0.4, -0.2) is 81.5 Å². The van der Waals surface area contributed by atoms with E-state index < -0.39 is 73.4 Å². The summed E-state index contributed by atoms with van der Waals surface area (Å²) in [6.45, 7) is 0. The summed E-state index contributed by atoms with van der Waals surface area (Å²) >= 11 is 0. The van der Waals surface area contributed by atoms with E-state index in [0.717, 1.165) is 14.2 Å². The fourth-order valence-corrected chi connectivity index (χ4v) is 4.05. The third kappa shape index (κ3) is 3.81. The van der Waals surface area contributed by atoms with Crippen LogP contribution in [0.2, 0.25) is 0 Å². The highest BCUT2D eigenvalue weighted by Gasteiger charge is 2.52. The standard InChI is InChI=1S/C11H12N2O13S2/c1-23-27(19,20)5-3-7(14)12(9(5)16)25-11(18)26-13-8(15)4-6(10(13)17)28(21,22)24-2/h5-6H,3-4H2,1-2H3. The van der Waals surface area contributed by atoms with Crippen LogP contribution in [0, 0.1) is 0 Å². The summed E-state index contributed by atoms with van der Waals surface area (Å²) in [6.07, 6.45) is -3.73. The Hall–Kier alpha value is -2.63. The highest BCUT2D eigenvalue weighted by atomic mass is 32.2. The van der Waals surface area contributed by atoms with Crippen LogP contribution in [0.15, 0.2) is 0 Å². The molecule has 2 saturated heterocycles. The molecule has 28 heavy (non-hydrogen) atoms. The molecule has 2 rings (SSSR count). The number of rotatable bonds is 6. The summed E-state index contributed by atoms with van der Waals surface area (Å²) in [4.78, 5) is 67.4. The molecule has 0 aliphatic carbocycles. The zero-order valence-corrected chi connectivity index (χ0v) is 15.7. The minimum atomic E-state index is -4.46. The van der Waals surface area contributed by atoms with E-state index in [9.17, 15) is 40.8 Å². The van der Waals surface area contributed by atoms with Crippen LogP contribution in [-0.2, 0) is 57.5 Å². The van der Waals surface area contributed by atoms with Crippen molar-refractivity contribution in [1.82, 2.24) is 10.1 Å². The minimum absolute atomic E-state index is 0.238. The average molecular weight is 444 g/mol. The molecule has 17 heteroatoms. The first-order valence-corrected chi connectivity index (χ1v) is 10.0. The summed E-state index contributed by atoms with van der Waals surface area (Å²) in [5, 5.41) is -4.41. The predicted molar refractivity (Wildman–Crippen MR) is 79.9 cm³/mol. The molecular weight excluding hydrogens is 432 g/mol. The monoisotopic (exact) mass is 444 g/mol. The Morgan fingerprint density at radius 2 is 1.11 bits per heavy atom. The molecule has 2 heterocycles. The maximum Gasteiger partial charge on any atom is 0.560 e. The van der Waals surface area contributed by atoms with E-state index in [1.165, 1.54) is 0 Å². The lowest BCUT2D eigenvalue weighted by atomic mass is 10.4. The molecular formula is C11H12N2O13S2. The Balaban J connectivity index is 2.09. The maximum atomic E-state index is 11.9. The van der Waals surface area contributed by atoms with Crippen LogP contribution in [0.4, 0.5) is 4.79 Å². The molecule has 0 aromatic heterocycles. The zero-order valence-electron chi connectivity index (χ0n) is 14.1. The summed E-state index contributed by atoms with van der Waals surface area (Å²) in [5.74, 6) is -5.43. The van der Waals surface area contributed by atoms with Crippen LogP contribution in [0.1, 0.15) is 12.8 Å². The van der Waals surface area contributed by atoms with E-state index in [0.29, 0.717) is 0 Å². The Kier molecular flexibility index (Phi) is 5.74. The molecule has 2 fully saturated rings. The first-order chi connectivity index (χ1) is 12.9. The van der Waals surface area contributed by atoms with Gasteiger partial charge in [0.1, 0.15) is 0 Å². The van der Waals surface area contributed by atoms with Crippen molar-refractivity contribution >= 4 is 50.0 Å². The second kappa shape index (κ2) is 7.41. The van der Waals surface area contributed by atoms with Crippen molar-refractivity contribution in [2.45, 2.75) is 23.3 Å². The number of imide groups is 2. The van der Waals surface area contributed by atoms with Crippen molar-refractivity contribution in [3.8, 4) is 0 Å². The minimum Gasteiger partial charge on any atom is -0.293 e. The van der Waals surface area contributed by atoms with E-state index in [1.54, 1.807) is 0 Å². The fourth-order valence-electron chi connectivity index (χ4n) is 2.21. The second-order valence-electron chi connectivity index (χ2n) is 5.19. The molecule has 2 atom stereocenters. The number of hydroxylamine groups is 4. The van der Waals surface area contributed by atoms with Gasteiger partial charge in [0.05, 0.1) is 27.1 Å². The van der Waals surface area contributed by atoms with E-state index in [4.69, 9.17) is 0 Å². The van der Waals surface area contributed by atoms with Crippen molar-refractivity contribution in [3.05, 3.63) is 0 Å². The van der Waals surface area contributed by atoms with Crippen LogP contribution in [0.5, 0.6) is 0 Å². The van der Waals surface area contributed by atoms with E-state index >= 15 is 0 Å². The van der Waals surface area contributed by atoms with Crippen molar-refractivity contribution < 1.29 is 58.8 Å². The maximum absolute atomic E-state index is 11.9. The number of nitrogens with zero attached hydrogens (tertiary/aromatic N) is 2. The van der Waals surface area contributed by atoms with Crippen molar-refractivity contribution in [2.24, 2.45) is 0 Å². The smallest absolute Gasteiger partial charge is 0.293 e. The third-order valence-electron chi connectivity index (χ3n) is 3.62. The number of carbonyl (C=O) groups excluding carboxylic acids is 5. The quantitative estimate of drug-likeness (QED) is 0.300. The molecule has 4 amide bonds. The van der Waals surface area contributed by atoms with Gasteiger partial charge in [-0.1, -0.05) is 10.1 Å². The fraction of sp³-hybridized carbons (Fsp3) is 0.545. The molecule has 2 unspecified atom stereocenters. The van der Waals surface area contributed by atoms with Gasteiger partial charge in [0.15, 0.2) is 10.5 Å². The number of hydrogen-bond donors (Lipinski definition) is 0. The van der Waals surface area contributed by atoms with Gasteiger partial charge in [0, 0.05) is 0 Å². The van der Waals surface area contributed by atoms with Gasteiger partial charge in [-0.15, -0.1) is 0 Å². The average Bonchev–Trinajstić information content (AvgIpc) is 3.07. The van der Waals surface area contributed by atoms with Gasteiger partial charge in [0.25, 0.3) is 43.9 Å². The Bertz CT molecular complexity index is 877. The first kappa shape index (κ1) is 21.7. The molecule has 0 aromatic rings. The van der Waals surface area contributed by atoms with Crippen LogP contribution in [0.25, 0.3) is 0 Å². The highest BCUT2D eigenvalue weighted by molar-refractivity contribution is 7.88. The van der Waals surface area contributed by atoms with Gasteiger partial charge < -0.3 is 0 Å². The lowest BCUT2D eigenvalue weighted by Crippen LogP contribution is -2.41. The summed E-state index contributed by atoms with van der Waals surface area (Å²) in [6, 6.07) is 0. The summed E-state index contributed by atoms with van der Waals surface area (Å²) in [7, 11) is -7.42. The van der Waals surface area contributed by atoms with Gasteiger partial charge in [-0.25, -0.2) is 0 Å². The molecule has 0 aromatic carbocycles. The lowest BCUT2D eigenvalue weighted by molar-refractivity contribution is -0.198. The van der Waals surface area contributed by atoms with E-state index in [2.05, 4.69) is 18.0 Å². The molecule has 0 saturated carbocycles.